The van der Waals surface area contributed by atoms with Gasteiger partial charge in [-0.1, -0.05) is 13.8 Å². The number of nitrogens with one attached hydrogen (secondary N) is 2. The van der Waals surface area contributed by atoms with Crippen LogP contribution in [0.1, 0.15) is 56.1 Å². The van der Waals surface area contributed by atoms with Gasteiger partial charge < -0.3 is 10.6 Å². The van der Waals surface area contributed by atoms with Crippen molar-refractivity contribution in [2.45, 2.75) is 51.6 Å². The van der Waals surface area contributed by atoms with E-state index < -0.39 is 0 Å². The lowest BCUT2D eigenvalue weighted by Crippen LogP contribution is -2.34. The lowest BCUT2D eigenvalue weighted by Gasteiger charge is -2.22. The first-order chi connectivity index (χ1) is 9.24. The summed E-state index contributed by atoms with van der Waals surface area (Å²) < 4.78 is 1.92. The third-order valence-electron chi connectivity index (χ3n) is 3.81. The SMILES string of the molecule is CCC(CC)NC(=O)c1ccn(C2CCCNC2)n1.Cl. The number of hydrogen-bond donors (Lipinski definition) is 2. The molecule has 114 valence electrons. The monoisotopic (exact) mass is 300 g/mol. The molecule has 1 aromatic heterocycles. The van der Waals surface area contributed by atoms with Crippen LogP contribution < -0.4 is 10.6 Å². The van der Waals surface area contributed by atoms with Crippen LogP contribution >= 0.6 is 12.4 Å². The minimum atomic E-state index is -0.0591. The minimum Gasteiger partial charge on any atom is -0.348 e. The number of hydrogen-bond acceptors (Lipinski definition) is 3. The van der Waals surface area contributed by atoms with Gasteiger partial charge in [0.15, 0.2) is 0 Å². The average Bonchev–Trinajstić information content (AvgIpc) is 2.95. The largest absolute Gasteiger partial charge is 0.348 e. The molecule has 1 fully saturated rings. The van der Waals surface area contributed by atoms with E-state index in [2.05, 4.69) is 29.6 Å². The lowest BCUT2D eigenvalue weighted by atomic mass is 10.1. The normalized spacial score (nSPS) is 18.6. The van der Waals surface area contributed by atoms with Gasteiger partial charge in [0, 0.05) is 18.8 Å². The second-order valence-electron chi connectivity index (χ2n) is 5.17. The van der Waals surface area contributed by atoms with Crippen molar-refractivity contribution in [3.63, 3.8) is 0 Å². The second-order valence-corrected chi connectivity index (χ2v) is 5.17. The Labute approximate surface area is 126 Å². The highest BCUT2D eigenvalue weighted by atomic mass is 35.5. The molecule has 1 unspecified atom stereocenters. The lowest BCUT2D eigenvalue weighted by molar-refractivity contribution is 0.0928. The Morgan fingerprint density at radius 1 is 1.55 bits per heavy atom. The first kappa shape index (κ1) is 17.0. The predicted molar refractivity (Wildman–Crippen MR) is 82.5 cm³/mol. The number of carbonyl (C=O) groups is 1. The van der Waals surface area contributed by atoms with Crippen molar-refractivity contribution in [3.8, 4) is 0 Å². The molecule has 1 aromatic rings. The fourth-order valence-corrected chi connectivity index (χ4v) is 2.47. The van der Waals surface area contributed by atoms with E-state index in [1.165, 1.54) is 6.42 Å². The van der Waals surface area contributed by atoms with Crippen LogP contribution in [0.5, 0.6) is 0 Å². The molecule has 0 spiro atoms. The van der Waals surface area contributed by atoms with E-state index in [1.807, 2.05) is 16.9 Å². The van der Waals surface area contributed by atoms with Crippen molar-refractivity contribution in [2.24, 2.45) is 0 Å². The van der Waals surface area contributed by atoms with Crippen LogP contribution in [0.25, 0.3) is 0 Å². The summed E-state index contributed by atoms with van der Waals surface area (Å²) in [6, 6.07) is 2.43. The minimum absolute atomic E-state index is 0. The molecule has 1 aliphatic heterocycles. The fourth-order valence-electron chi connectivity index (χ4n) is 2.47. The Bertz CT molecular complexity index is 411. The number of amides is 1. The standard InChI is InChI=1S/C14H24N4O.ClH/c1-3-11(4-2)16-14(19)13-7-9-18(17-13)12-6-5-8-15-10-12;/h7,9,11-12,15H,3-6,8,10H2,1-2H3,(H,16,19);1H. The number of halogens is 1. The van der Waals surface area contributed by atoms with Gasteiger partial charge in [0.1, 0.15) is 5.69 Å². The van der Waals surface area contributed by atoms with Crippen molar-refractivity contribution >= 4 is 18.3 Å². The number of aromatic nitrogens is 2. The Kier molecular flexibility index (Phi) is 7.02. The Morgan fingerprint density at radius 2 is 2.30 bits per heavy atom. The molecule has 2 N–H and O–H groups in total. The van der Waals surface area contributed by atoms with E-state index >= 15 is 0 Å². The summed E-state index contributed by atoms with van der Waals surface area (Å²) in [6.45, 7) is 6.19. The number of piperidine rings is 1. The molecule has 2 heterocycles. The van der Waals surface area contributed by atoms with E-state index in [1.54, 1.807) is 0 Å². The molecular formula is C14H25ClN4O. The second kappa shape index (κ2) is 8.27. The van der Waals surface area contributed by atoms with E-state index in [0.29, 0.717) is 11.7 Å². The number of carbonyl (C=O) groups excluding carboxylic acids is 1. The van der Waals surface area contributed by atoms with Gasteiger partial charge in [0.2, 0.25) is 0 Å². The molecular weight excluding hydrogens is 276 g/mol. The van der Waals surface area contributed by atoms with Crippen LogP contribution in [0.4, 0.5) is 0 Å². The van der Waals surface area contributed by atoms with Gasteiger partial charge in [-0.2, -0.15) is 5.10 Å². The van der Waals surface area contributed by atoms with Crippen LogP contribution in [0, 0.1) is 0 Å². The molecule has 0 saturated carbocycles. The topological polar surface area (TPSA) is 59.0 Å². The molecule has 6 heteroatoms. The molecule has 0 radical (unpaired) electrons. The van der Waals surface area contributed by atoms with E-state index in [4.69, 9.17) is 0 Å². The molecule has 20 heavy (non-hydrogen) atoms. The third kappa shape index (κ3) is 4.21. The first-order valence-electron chi connectivity index (χ1n) is 7.31. The summed E-state index contributed by atoms with van der Waals surface area (Å²) in [5, 5.41) is 10.8. The van der Waals surface area contributed by atoms with Gasteiger partial charge in [0.25, 0.3) is 5.91 Å². The zero-order chi connectivity index (χ0) is 13.7. The maximum atomic E-state index is 12.1. The van der Waals surface area contributed by atoms with Crippen LogP contribution in [-0.2, 0) is 0 Å². The van der Waals surface area contributed by atoms with E-state index in [-0.39, 0.29) is 24.4 Å². The van der Waals surface area contributed by atoms with Crippen LogP contribution in [0.15, 0.2) is 12.3 Å². The first-order valence-corrected chi connectivity index (χ1v) is 7.31. The molecule has 0 bridgehead atoms. The zero-order valence-electron chi connectivity index (χ0n) is 12.3. The van der Waals surface area contributed by atoms with Crippen LogP contribution in [-0.4, -0.2) is 34.8 Å². The summed E-state index contributed by atoms with van der Waals surface area (Å²) in [5.41, 5.74) is 0.525. The van der Waals surface area contributed by atoms with Crippen molar-refractivity contribution < 1.29 is 4.79 Å². The Morgan fingerprint density at radius 3 is 2.90 bits per heavy atom. The van der Waals surface area contributed by atoms with Crippen molar-refractivity contribution in [1.29, 1.82) is 0 Å². The molecule has 5 nitrogen and oxygen atoms in total. The number of rotatable bonds is 5. The Hall–Kier alpha value is -1.07. The van der Waals surface area contributed by atoms with Gasteiger partial charge in [-0.3, -0.25) is 9.48 Å². The van der Waals surface area contributed by atoms with Crippen LogP contribution in [0.2, 0.25) is 0 Å². The summed E-state index contributed by atoms with van der Waals surface area (Å²) in [6.07, 6.45) is 6.12. The van der Waals surface area contributed by atoms with Gasteiger partial charge >= 0.3 is 0 Å². The van der Waals surface area contributed by atoms with Gasteiger partial charge in [0.05, 0.1) is 6.04 Å². The molecule has 0 aliphatic carbocycles. The molecule has 1 amide bonds. The highest BCUT2D eigenvalue weighted by Gasteiger charge is 2.18. The predicted octanol–water partition coefficient (Wildman–Crippen LogP) is 2.15. The zero-order valence-corrected chi connectivity index (χ0v) is 13.1. The summed E-state index contributed by atoms with van der Waals surface area (Å²) >= 11 is 0. The Balaban J connectivity index is 0.00000200. The average molecular weight is 301 g/mol. The van der Waals surface area contributed by atoms with Gasteiger partial charge in [-0.05, 0) is 38.3 Å². The third-order valence-corrected chi connectivity index (χ3v) is 3.81. The number of nitrogens with zero attached hydrogens (tertiary/aromatic N) is 2. The van der Waals surface area contributed by atoms with Gasteiger partial charge in [-0.25, -0.2) is 0 Å². The van der Waals surface area contributed by atoms with Crippen LogP contribution in [0.3, 0.4) is 0 Å². The maximum Gasteiger partial charge on any atom is 0.271 e. The molecule has 0 aromatic carbocycles. The quantitative estimate of drug-likeness (QED) is 0.876. The van der Waals surface area contributed by atoms with Crippen molar-refractivity contribution in [3.05, 3.63) is 18.0 Å². The summed E-state index contributed by atoms with van der Waals surface area (Å²) in [7, 11) is 0. The van der Waals surface area contributed by atoms with Crippen molar-refractivity contribution in [2.75, 3.05) is 13.1 Å². The molecule has 1 aliphatic rings. The van der Waals surface area contributed by atoms with Crippen molar-refractivity contribution in [1.82, 2.24) is 20.4 Å². The molecule has 2 rings (SSSR count). The fraction of sp³-hybridized carbons (Fsp3) is 0.714. The summed E-state index contributed by atoms with van der Waals surface area (Å²) in [4.78, 5) is 12.1. The molecule has 1 atom stereocenters. The van der Waals surface area contributed by atoms with Gasteiger partial charge in [-0.15, -0.1) is 12.4 Å². The smallest absolute Gasteiger partial charge is 0.271 e. The van der Waals surface area contributed by atoms with E-state index in [9.17, 15) is 4.79 Å². The summed E-state index contributed by atoms with van der Waals surface area (Å²) in [5.74, 6) is -0.0591. The van der Waals surface area contributed by atoms with E-state index in [0.717, 1.165) is 32.4 Å². The molecule has 1 saturated heterocycles. The highest BCUT2D eigenvalue weighted by molar-refractivity contribution is 5.92. The highest BCUT2D eigenvalue weighted by Crippen LogP contribution is 2.15. The maximum absolute atomic E-state index is 12.1.